The Morgan fingerprint density at radius 3 is 2.29 bits per heavy atom. The molecule has 1 fully saturated rings. The Balaban J connectivity index is 0.00000220. The van der Waals surface area contributed by atoms with Crippen molar-refractivity contribution >= 4 is 18.3 Å². The van der Waals surface area contributed by atoms with Gasteiger partial charge in [-0.25, -0.2) is 0 Å². The van der Waals surface area contributed by atoms with Gasteiger partial charge < -0.3 is 10.6 Å². The van der Waals surface area contributed by atoms with Crippen molar-refractivity contribution in [2.24, 2.45) is 11.8 Å². The maximum absolute atomic E-state index is 12.0. The average molecular weight is 311 g/mol. The second-order valence-electron chi connectivity index (χ2n) is 6.87. The fourth-order valence-corrected chi connectivity index (χ4v) is 2.35. The van der Waals surface area contributed by atoms with Crippen molar-refractivity contribution in [3.05, 3.63) is 35.4 Å². The third kappa shape index (κ3) is 4.72. The van der Waals surface area contributed by atoms with E-state index >= 15 is 0 Å². The van der Waals surface area contributed by atoms with E-state index in [1.807, 2.05) is 6.92 Å². The number of rotatable bonds is 4. The van der Waals surface area contributed by atoms with Gasteiger partial charge in [-0.05, 0) is 35.5 Å². The van der Waals surface area contributed by atoms with Crippen molar-refractivity contribution in [1.29, 1.82) is 0 Å². The zero-order valence-corrected chi connectivity index (χ0v) is 14.2. The van der Waals surface area contributed by atoms with Gasteiger partial charge in [-0.3, -0.25) is 4.79 Å². The van der Waals surface area contributed by atoms with Crippen LogP contribution in [-0.2, 0) is 16.8 Å². The van der Waals surface area contributed by atoms with Crippen molar-refractivity contribution in [3.63, 3.8) is 0 Å². The maximum atomic E-state index is 12.0. The molecule has 1 aliphatic heterocycles. The van der Waals surface area contributed by atoms with Crippen molar-refractivity contribution < 1.29 is 4.79 Å². The molecule has 0 radical (unpaired) electrons. The van der Waals surface area contributed by atoms with E-state index in [-0.39, 0.29) is 29.6 Å². The lowest BCUT2D eigenvalue weighted by atomic mass is 9.86. The highest BCUT2D eigenvalue weighted by atomic mass is 35.5. The molecule has 3 nitrogen and oxygen atoms in total. The molecule has 1 amide bonds. The molecule has 1 unspecified atom stereocenters. The monoisotopic (exact) mass is 310 g/mol. The van der Waals surface area contributed by atoms with Crippen LogP contribution in [0.5, 0.6) is 0 Å². The van der Waals surface area contributed by atoms with E-state index in [1.54, 1.807) is 0 Å². The zero-order valence-electron chi connectivity index (χ0n) is 13.4. The number of carbonyl (C=O) groups is 1. The van der Waals surface area contributed by atoms with Gasteiger partial charge in [-0.15, -0.1) is 12.4 Å². The molecular formula is C17H27ClN2O. The zero-order chi connectivity index (χ0) is 14.8. The minimum atomic E-state index is 0. The summed E-state index contributed by atoms with van der Waals surface area (Å²) in [5.74, 6) is 0.764. The molecule has 1 aliphatic rings. The lowest BCUT2D eigenvalue weighted by Gasteiger charge is -2.31. The van der Waals surface area contributed by atoms with Crippen LogP contribution in [0.3, 0.4) is 0 Å². The van der Waals surface area contributed by atoms with Crippen LogP contribution in [0.25, 0.3) is 0 Å². The number of halogens is 1. The summed E-state index contributed by atoms with van der Waals surface area (Å²) in [6, 6.07) is 8.52. The summed E-state index contributed by atoms with van der Waals surface area (Å²) >= 11 is 0. The molecule has 0 bridgehead atoms. The predicted molar refractivity (Wildman–Crippen MR) is 89.8 cm³/mol. The Labute approximate surface area is 134 Å². The van der Waals surface area contributed by atoms with Gasteiger partial charge in [0.25, 0.3) is 0 Å². The normalized spacial score (nSPS) is 16.6. The van der Waals surface area contributed by atoms with Crippen LogP contribution < -0.4 is 10.6 Å². The summed E-state index contributed by atoms with van der Waals surface area (Å²) in [5.41, 5.74) is 2.65. The lowest BCUT2D eigenvalue weighted by molar-refractivity contribution is -0.126. The molecule has 118 valence electrons. The van der Waals surface area contributed by atoms with E-state index < -0.39 is 0 Å². The van der Waals surface area contributed by atoms with Crippen LogP contribution in [0.4, 0.5) is 0 Å². The quantitative estimate of drug-likeness (QED) is 0.898. The van der Waals surface area contributed by atoms with Gasteiger partial charge >= 0.3 is 0 Å². The smallest absolute Gasteiger partial charge is 0.223 e. The molecule has 1 aromatic rings. The molecule has 1 atom stereocenters. The summed E-state index contributed by atoms with van der Waals surface area (Å²) in [4.78, 5) is 12.0. The highest BCUT2D eigenvalue weighted by Gasteiger charge is 2.28. The van der Waals surface area contributed by atoms with Gasteiger partial charge in [0.2, 0.25) is 5.91 Å². The highest BCUT2D eigenvalue weighted by molar-refractivity contribution is 5.85. The fraction of sp³-hybridized carbons (Fsp3) is 0.588. The molecule has 1 heterocycles. The van der Waals surface area contributed by atoms with E-state index in [0.29, 0.717) is 12.5 Å². The van der Waals surface area contributed by atoms with Crippen LogP contribution >= 0.6 is 12.4 Å². The summed E-state index contributed by atoms with van der Waals surface area (Å²) in [6.07, 6.45) is 0. The molecule has 1 saturated heterocycles. The first-order valence-electron chi connectivity index (χ1n) is 7.46. The van der Waals surface area contributed by atoms with Crippen LogP contribution in [0, 0.1) is 11.8 Å². The fourth-order valence-electron chi connectivity index (χ4n) is 2.35. The Morgan fingerprint density at radius 1 is 1.29 bits per heavy atom. The second-order valence-corrected chi connectivity index (χ2v) is 6.87. The molecule has 0 saturated carbocycles. The molecule has 0 spiro atoms. The first kappa shape index (κ1) is 18.0. The number of hydrogen-bond donors (Lipinski definition) is 2. The van der Waals surface area contributed by atoms with Gasteiger partial charge in [0.15, 0.2) is 0 Å². The largest absolute Gasteiger partial charge is 0.352 e. The number of amides is 1. The third-order valence-electron chi connectivity index (χ3n) is 4.22. The minimum Gasteiger partial charge on any atom is -0.352 e. The van der Waals surface area contributed by atoms with E-state index in [4.69, 9.17) is 0 Å². The van der Waals surface area contributed by atoms with E-state index in [9.17, 15) is 4.79 Å². The van der Waals surface area contributed by atoms with Crippen LogP contribution in [-0.4, -0.2) is 19.0 Å². The van der Waals surface area contributed by atoms with Crippen LogP contribution in [0.1, 0.15) is 38.8 Å². The second kappa shape index (κ2) is 7.28. The predicted octanol–water partition coefficient (Wildman–Crippen LogP) is 2.88. The van der Waals surface area contributed by atoms with E-state index in [2.05, 4.69) is 55.7 Å². The summed E-state index contributed by atoms with van der Waals surface area (Å²) in [5, 5.41) is 6.25. The van der Waals surface area contributed by atoms with Crippen molar-refractivity contribution in [2.45, 2.75) is 39.7 Å². The highest BCUT2D eigenvalue weighted by Crippen LogP contribution is 2.22. The third-order valence-corrected chi connectivity index (χ3v) is 4.22. The number of nitrogens with one attached hydrogen (secondary N) is 2. The summed E-state index contributed by atoms with van der Waals surface area (Å²) in [6.45, 7) is 11.2. The van der Waals surface area contributed by atoms with Crippen LogP contribution in [0.15, 0.2) is 24.3 Å². The van der Waals surface area contributed by atoms with Gasteiger partial charge in [-0.2, -0.15) is 0 Å². The average Bonchev–Trinajstić information content (AvgIpc) is 2.33. The Kier molecular flexibility index (Phi) is 6.24. The molecule has 0 aliphatic carbocycles. The Morgan fingerprint density at radius 2 is 1.86 bits per heavy atom. The maximum Gasteiger partial charge on any atom is 0.223 e. The van der Waals surface area contributed by atoms with Crippen molar-refractivity contribution in [2.75, 3.05) is 13.1 Å². The summed E-state index contributed by atoms with van der Waals surface area (Å²) < 4.78 is 0. The Hall–Kier alpha value is -1.06. The summed E-state index contributed by atoms with van der Waals surface area (Å²) in [7, 11) is 0. The topological polar surface area (TPSA) is 41.1 Å². The van der Waals surface area contributed by atoms with Crippen molar-refractivity contribution in [1.82, 2.24) is 10.6 Å². The van der Waals surface area contributed by atoms with Crippen molar-refractivity contribution in [3.8, 4) is 0 Å². The molecule has 0 aromatic heterocycles. The van der Waals surface area contributed by atoms with Gasteiger partial charge in [0, 0.05) is 12.5 Å². The Bertz CT molecular complexity index is 461. The number of hydrogen-bond acceptors (Lipinski definition) is 2. The van der Waals surface area contributed by atoms with Gasteiger partial charge in [-0.1, -0.05) is 52.0 Å². The van der Waals surface area contributed by atoms with Gasteiger partial charge in [0.05, 0.1) is 0 Å². The minimum absolute atomic E-state index is 0. The molecule has 2 N–H and O–H groups in total. The van der Waals surface area contributed by atoms with Gasteiger partial charge in [0.1, 0.15) is 0 Å². The standard InChI is InChI=1S/C17H26N2O.ClH/c1-12(14-10-18-11-14)16(20)19-9-13-5-7-15(8-6-13)17(2,3)4;/h5-8,12,14,18H,9-11H2,1-4H3,(H,19,20);1H. The van der Waals surface area contributed by atoms with Crippen LogP contribution in [0.2, 0.25) is 0 Å². The first-order valence-corrected chi connectivity index (χ1v) is 7.46. The first-order chi connectivity index (χ1) is 9.38. The molecule has 21 heavy (non-hydrogen) atoms. The number of carbonyl (C=O) groups excluding carboxylic acids is 1. The molecule has 1 aromatic carbocycles. The molecular weight excluding hydrogens is 284 g/mol. The number of benzene rings is 1. The molecule has 2 rings (SSSR count). The van der Waals surface area contributed by atoms with E-state index in [0.717, 1.165) is 18.7 Å². The SMILES string of the molecule is CC(C(=O)NCc1ccc(C(C)(C)C)cc1)C1CNC1.Cl. The lowest BCUT2D eigenvalue weighted by Crippen LogP contribution is -2.49. The molecule has 4 heteroatoms. The van der Waals surface area contributed by atoms with E-state index in [1.165, 1.54) is 5.56 Å².